The normalized spacial score (nSPS) is 12.8. The predicted octanol–water partition coefficient (Wildman–Crippen LogP) is 3.22. The molecule has 0 aromatic carbocycles. The molecule has 0 amide bonds. The molecule has 0 bridgehead atoms. The lowest BCUT2D eigenvalue weighted by Gasteiger charge is -2.06. The second kappa shape index (κ2) is 4.41. The number of hydrogen-bond acceptors (Lipinski definition) is 2. The summed E-state index contributed by atoms with van der Waals surface area (Å²) < 4.78 is 0. The zero-order chi connectivity index (χ0) is 8.97. The summed E-state index contributed by atoms with van der Waals surface area (Å²) in [6.45, 7) is 3.82. The molecule has 0 aliphatic rings. The lowest BCUT2D eigenvalue weighted by atomic mass is 9.98. The fourth-order valence-electron chi connectivity index (χ4n) is 1.14. The highest BCUT2D eigenvalue weighted by Gasteiger charge is 2.06. The minimum atomic E-state index is 0.289. The second-order valence-corrected chi connectivity index (χ2v) is 3.98. The van der Waals surface area contributed by atoms with E-state index in [1.54, 1.807) is 18.3 Å². The van der Waals surface area contributed by atoms with Gasteiger partial charge in [0.15, 0.2) is 0 Å². The van der Waals surface area contributed by atoms with Crippen LogP contribution in [0.5, 0.6) is 0 Å². The predicted molar refractivity (Wildman–Crippen MR) is 52.6 cm³/mol. The van der Waals surface area contributed by atoms with E-state index in [1.165, 1.54) is 5.56 Å². The maximum atomic E-state index is 10.7. The molecule has 1 heterocycles. The summed E-state index contributed by atoms with van der Waals surface area (Å²) in [6.07, 6.45) is 1.68. The maximum absolute atomic E-state index is 10.7. The highest BCUT2D eigenvalue weighted by Crippen LogP contribution is 2.22. The van der Waals surface area contributed by atoms with Gasteiger partial charge in [-0.05, 0) is 41.7 Å². The third kappa shape index (κ3) is 2.78. The lowest BCUT2D eigenvalue weighted by molar-refractivity contribution is -0.117. The lowest BCUT2D eigenvalue weighted by Crippen LogP contribution is -1.96. The first kappa shape index (κ1) is 9.46. The summed E-state index contributed by atoms with van der Waals surface area (Å²) >= 11 is 1.72. The Morgan fingerprint density at radius 1 is 1.67 bits per heavy atom. The molecular formula is C10H14OS. The fourth-order valence-corrected chi connectivity index (χ4v) is 1.92. The summed E-state index contributed by atoms with van der Waals surface area (Å²) in [7, 11) is 0. The van der Waals surface area contributed by atoms with Gasteiger partial charge in [-0.3, -0.25) is 0 Å². The molecule has 0 spiro atoms. The number of ketones is 1. The number of carbonyl (C=O) groups excluding carboxylic acids is 1. The van der Waals surface area contributed by atoms with Crippen molar-refractivity contribution >= 4 is 17.1 Å². The monoisotopic (exact) mass is 182 g/mol. The minimum absolute atomic E-state index is 0.289. The van der Waals surface area contributed by atoms with Gasteiger partial charge in [-0.2, -0.15) is 11.3 Å². The molecule has 0 aliphatic carbocycles. The Morgan fingerprint density at radius 2 is 2.42 bits per heavy atom. The van der Waals surface area contributed by atoms with Gasteiger partial charge in [-0.15, -0.1) is 0 Å². The molecule has 0 saturated heterocycles. The van der Waals surface area contributed by atoms with Gasteiger partial charge >= 0.3 is 0 Å². The van der Waals surface area contributed by atoms with Gasteiger partial charge < -0.3 is 4.79 Å². The topological polar surface area (TPSA) is 17.1 Å². The van der Waals surface area contributed by atoms with Crippen LogP contribution in [0.4, 0.5) is 0 Å². The third-order valence-corrected chi connectivity index (χ3v) is 2.74. The zero-order valence-corrected chi connectivity index (χ0v) is 8.36. The molecule has 1 rings (SSSR count). The van der Waals surface area contributed by atoms with Crippen molar-refractivity contribution in [2.24, 2.45) is 0 Å². The average molecular weight is 182 g/mol. The molecule has 0 fully saturated rings. The van der Waals surface area contributed by atoms with E-state index in [-0.39, 0.29) is 5.78 Å². The van der Waals surface area contributed by atoms with Crippen molar-refractivity contribution in [2.45, 2.75) is 32.6 Å². The Bertz CT molecular complexity index is 238. The molecule has 0 radical (unpaired) electrons. The number of rotatable bonds is 4. The van der Waals surface area contributed by atoms with Crippen molar-refractivity contribution in [3.8, 4) is 0 Å². The van der Waals surface area contributed by atoms with E-state index in [0.717, 1.165) is 6.42 Å². The van der Waals surface area contributed by atoms with E-state index in [1.807, 2.05) is 0 Å². The number of carbonyl (C=O) groups is 1. The van der Waals surface area contributed by atoms with Gasteiger partial charge in [0.25, 0.3) is 0 Å². The van der Waals surface area contributed by atoms with Crippen LogP contribution in [0.15, 0.2) is 16.8 Å². The molecular weight excluding hydrogens is 168 g/mol. The Kier molecular flexibility index (Phi) is 3.48. The van der Waals surface area contributed by atoms with Crippen LogP contribution in [0.25, 0.3) is 0 Å². The summed E-state index contributed by atoms with van der Waals surface area (Å²) in [6, 6.07) is 2.13. The molecule has 0 N–H and O–H groups in total. The summed E-state index contributed by atoms with van der Waals surface area (Å²) in [5.74, 6) is 0.817. The van der Waals surface area contributed by atoms with Crippen molar-refractivity contribution in [1.29, 1.82) is 0 Å². The van der Waals surface area contributed by atoms with Gasteiger partial charge in [0.1, 0.15) is 5.78 Å². The Balaban J connectivity index is 2.39. The van der Waals surface area contributed by atoms with Gasteiger partial charge in [-0.25, -0.2) is 0 Å². The van der Waals surface area contributed by atoms with Gasteiger partial charge in [0, 0.05) is 6.42 Å². The zero-order valence-electron chi connectivity index (χ0n) is 7.54. The van der Waals surface area contributed by atoms with Crippen molar-refractivity contribution in [2.75, 3.05) is 0 Å². The van der Waals surface area contributed by atoms with Crippen LogP contribution in [0.2, 0.25) is 0 Å². The molecule has 1 nitrogen and oxygen atoms in total. The molecule has 66 valence electrons. The highest BCUT2D eigenvalue weighted by molar-refractivity contribution is 7.07. The first-order valence-corrected chi connectivity index (χ1v) is 5.16. The Labute approximate surface area is 77.4 Å². The molecule has 1 atom stereocenters. The van der Waals surface area contributed by atoms with E-state index < -0.39 is 0 Å². The van der Waals surface area contributed by atoms with Crippen LogP contribution in [-0.4, -0.2) is 5.78 Å². The smallest absolute Gasteiger partial charge is 0.129 e. The largest absolute Gasteiger partial charge is 0.300 e. The van der Waals surface area contributed by atoms with Crippen LogP contribution in [-0.2, 0) is 4.79 Å². The van der Waals surface area contributed by atoms with Crippen LogP contribution in [0.1, 0.15) is 38.2 Å². The van der Waals surface area contributed by atoms with Gasteiger partial charge in [0.05, 0.1) is 0 Å². The number of thiophene rings is 1. The summed E-state index contributed by atoms with van der Waals surface area (Å²) in [5.41, 5.74) is 1.36. The van der Waals surface area contributed by atoms with Crippen molar-refractivity contribution in [3.05, 3.63) is 22.4 Å². The van der Waals surface area contributed by atoms with Crippen molar-refractivity contribution < 1.29 is 4.79 Å². The van der Waals surface area contributed by atoms with E-state index in [2.05, 4.69) is 23.8 Å². The van der Waals surface area contributed by atoms with Crippen LogP contribution in [0, 0.1) is 0 Å². The molecule has 1 aromatic rings. The maximum Gasteiger partial charge on any atom is 0.129 e. The van der Waals surface area contributed by atoms with E-state index in [4.69, 9.17) is 0 Å². The Hall–Kier alpha value is -0.630. The molecule has 1 aromatic heterocycles. The van der Waals surface area contributed by atoms with Crippen LogP contribution < -0.4 is 0 Å². The number of Topliss-reactive ketones (excluding diaryl/α,β-unsaturated/α-hetero) is 1. The van der Waals surface area contributed by atoms with Crippen molar-refractivity contribution in [1.82, 2.24) is 0 Å². The standard InChI is InChI=1S/C10H14OS/c1-8(3-4-9(2)11)10-5-6-12-7-10/h5-8H,3-4H2,1-2H3. The van der Waals surface area contributed by atoms with Crippen LogP contribution in [0.3, 0.4) is 0 Å². The van der Waals surface area contributed by atoms with E-state index in [9.17, 15) is 4.79 Å². The van der Waals surface area contributed by atoms with E-state index in [0.29, 0.717) is 12.3 Å². The molecule has 2 heteroatoms. The second-order valence-electron chi connectivity index (χ2n) is 3.20. The first-order chi connectivity index (χ1) is 5.70. The third-order valence-electron chi connectivity index (χ3n) is 2.04. The van der Waals surface area contributed by atoms with Crippen LogP contribution >= 0.6 is 11.3 Å². The van der Waals surface area contributed by atoms with Gasteiger partial charge in [0.2, 0.25) is 0 Å². The minimum Gasteiger partial charge on any atom is -0.300 e. The Morgan fingerprint density at radius 3 is 2.92 bits per heavy atom. The summed E-state index contributed by atoms with van der Waals surface area (Å²) in [5, 5.41) is 4.24. The highest BCUT2D eigenvalue weighted by atomic mass is 32.1. The quantitative estimate of drug-likeness (QED) is 0.698. The molecule has 1 unspecified atom stereocenters. The fraction of sp³-hybridized carbons (Fsp3) is 0.500. The first-order valence-electron chi connectivity index (χ1n) is 4.21. The SMILES string of the molecule is CC(=O)CCC(C)c1ccsc1. The summed E-state index contributed by atoms with van der Waals surface area (Å²) in [4.78, 5) is 10.7. The number of hydrogen-bond donors (Lipinski definition) is 0. The average Bonchev–Trinajstić information content (AvgIpc) is 2.51. The molecule has 0 aliphatic heterocycles. The van der Waals surface area contributed by atoms with Gasteiger partial charge in [-0.1, -0.05) is 6.92 Å². The molecule has 0 saturated carbocycles. The van der Waals surface area contributed by atoms with Crippen molar-refractivity contribution in [3.63, 3.8) is 0 Å². The van der Waals surface area contributed by atoms with E-state index >= 15 is 0 Å². The molecule has 12 heavy (non-hydrogen) atoms.